The number of urea groups is 1. The molecular formula is C17H20FN3O2S. The molecule has 0 spiro atoms. The monoisotopic (exact) mass is 349 g/mol. The molecule has 128 valence electrons. The minimum Gasteiger partial charge on any atom is -0.492 e. The number of aromatic nitrogens is 1. The molecule has 1 heterocycles. The zero-order valence-electron chi connectivity index (χ0n) is 13.5. The molecule has 1 aromatic heterocycles. The van der Waals surface area contributed by atoms with Crippen molar-refractivity contribution in [2.75, 3.05) is 25.5 Å². The Bertz CT molecular complexity index is 679. The molecule has 0 unspecified atom stereocenters. The minimum atomic E-state index is -0.301. The summed E-state index contributed by atoms with van der Waals surface area (Å²) in [4.78, 5) is 19.5. The second-order valence-corrected chi connectivity index (χ2v) is 6.83. The lowest BCUT2D eigenvalue weighted by Gasteiger charge is -2.17. The van der Waals surface area contributed by atoms with Crippen molar-refractivity contribution in [3.8, 4) is 5.75 Å². The van der Waals surface area contributed by atoms with Crippen LogP contribution in [0.15, 0.2) is 24.3 Å². The van der Waals surface area contributed by atoms with Crippen LogP contribution in [-0.4, -0.2) is 36.1 Å². The van der Waals surface area contributed by atoms with Crippen molar-refractivity contribution in [1.82, 2.24) is 9.88 Å². The van der Waals surface area contributed by atoms with Gasteiger partial charge in [0.15, 0.2) is 5.13 Å². The fourth-order valence-corrected chi connectivity index (χ4v) is 3.56. The van der Waals surface area contributed by atoms with Crippen molar-refractivity contribution < 1.29 is 13.9 Å². The van der Waals surface area contributed by atoms with Gasteiger partial charge < -0.3 is 9.64 Å². The second-order valence-electron chi connectivity index (χ2n) is 5.75. The number of nitrogens with one attached hydrogen (secondary N) is 1. The maximum absolute atomic E-state index is 12.8. The predicted octanol–water partition coefficient (Wildman–Crippen LogP) is 3.70. The summed E-state index contributed by atoms with van der Waals surface area (Å²) in [6.45, 7) is 0.762. The summed E-state index contributed by atoms with van der Waals surface area (Å²) in [6, 6.07) is 5.61. The lowest BCUT2D eigenvalue weighted by atomic mass is 10.0. The highest BCUT2D eigenvalue weighted by Gasteiger charge is 2.17. The first kappa shape index (κ1) is 16.7. The fraction of sp³-hybridized carbons (Fsp3) is 0.412. The Morgan fingerprint density at radius 1 is 1.33 bits per heavy atom. The number of nitrogens with zero attached hydrogens (tertiary/aromatic N) is 2. The van der Waals surface area contributed by atoms with Crippen molar-refractivity contribution in [3.63, 3.8) is 0 Å². The SMILES string of the molecule is CN(CCOc1ccc(F)cc1)C(=O)Nc1nc2c(s1)CCCC2. The van der Waals surface area contributed by atoms with Crippen LogP contribution in [0.1, 0.15) is 23.4 Å². The molecule has 24 heavy (non-hydrogen) atoms. The van der Waals surface area contributed by atoms with Crippen LogP contribution < -0.4 is 10.1 Å². The molecule has 2 aromatic rings. The van der Waals surface area contributed by atoms with E-state index in [0.29, 0.717) is 24.0 Å². The molecule has 0 radical (unpaired) electrons. The number of amides is 2. The van der Waals surface area contributed by atoms with E-state index in [-0.39, 0.29) is 11.8 Å². The van der Waals surface area contributed by atoms with Gasteiger partial charge in [-0.05, 0) is 49.9 Å². The molecule has 0 saturated carbocycles. The van der Waals surface area contributed by atoms with Gasteiger partial charge in [-0.2, -0.15) is 0 Å². The second kappa shape index (κ2) is 7.61. The Morgan fingerprint density at radius 2 is 2.08 bits per heavy atom. The van der Waals surface area contributed by atoms with Crippen molar-refractivity contribution in [2.45, 2.75) is 25.7 Å². The molecule has 0 fully saturated rings. The first-order valence-electron chi connectivity index (χ1n) is 8.01. The summed E-state index contributed by atoms with van der Waals surface area (Å²) in [5.74, 6) is 0.280. The largest absolute Gasteiger partial charge is 0.492 e. The van der Waals surface area contributed by atoms with Gasteiger partial charge in [0, 0.05) is 11.9 Å². The Balaban J connectivity index is 1.46. The maximum atomic E-state index is 12.8. The van der Waals surface area contributed by atoms with Crippen LogP contribution in [-0.2, 0) is 12.8 Å². The number of fused-ring (bicyclic) bond motifs is 1. The van der Waals surface area contributed by atoms with E-state index in [2.05, 4.69) is 10.3 Å². The number of hydrogen-bond acceptors (Lipinski definition) is 4. The number of anilines is 1. The molecule has 5 nitrogen and oxygen atoms in total. The van der Waals surface area contributed by atoms with Crippen molar-refractivity contribution in [3.05, 3.63) is 40.7 Å². The maximum Gasteiger partial charge on any atom is 0.323 e. The quantitative estimate of drug-likeness (QED) is 0.895. The Kier molecular flexibility index (Phi) is 5.30. The number of carbonyl (C=O) groups excluding carboxylic acids is 1. The lowest BCUT2D eigenvalue weighted by Crippen LogP contribution is -2.34. The van der Waals surface area contributed by atoms with Crippen LogP contribution in [0.3, 0.4) is 0 Å². The lowest BCUT2D eigenvalue weighted by molar-refractivity contribution is 0.207. The third-order valence-corrected chi connectivity index (χ3v) is 4.99. The summed E-state index contributed by atoms with van der Waals surface area (Å²) in [5, 5.41) is 3.51. The van der Waals surface area contributed by atoms with Gasteiger partial charge >= 0.3 is 6.03 Å². The molecule has 3 rings (SSSR count). The van der Waals surface area contributed by atoms with Crippen molar-refractivity contribution in [1.29, 1.82) is 0 Å². The summed E-state index contributed by atoms with van der Waals surface area (Å²) in [5.41, 5.74) is 1.13. The highest BCUT2D eigenvalue weighted by molar-refractivity contribution is 7.15. The first-order chi connectivity index (χ1) is 11.6. The van der Waals surface area contributed by atoms with Gasteiger partial charge in [-0.1, -0.05) is 0 Å². The van der Waals surface area contributed by atoms with E-state index in [1.807, 2.05) is 0 Å². The number of thiazole rings is 1. The topological polar surface area (TPSA) is 54.5 Å². The molecule has 0 atom stereocenters. The van der Waals surface area contributed by atoms with Gasteiger partial charge in [-0.15, -0.1) is 11.3 Å². The van der Waals surface area contributed by atoms with Gasteiger partial charge in [0.05, 0.1) is 12.2 Å². The molecule has 7 heteroatoms. The standard InChI is InChI=1S/C17H20FN3O2S/c1-21(10-11-23-13-8-6-12(18)7-9-13)17(22)20-16-19-14-4-2-3-5-15(14)24-16/h6-9H,2-5,10-11H2,1H3,(H,19,20,22). The van der Waals surface area contributed by atoms with Gasteiger partial charge in [0.2, 0.25) is 0 Å². The summed E-state index contributed by atoms with van der Waals surface area (Å²) in [6.07, 6.45) is 4.43. The van der Waals surface area contributed by atoms with E-state index >= 15 is 0 Å². The average Bonchev–Trinajstić information content (AvgIpc) is 2.98. The van der Waals surface area contributed by atoms with Crippen LogP contribution in [0.25, 0.3) is 0 Å². The summed E-state index contributed by atoms with van der Waals surface area (Å²) < 4.78 is 18.3. The number of carbonyl (C=O) groups is 1. The van der Waals surface area contributed by atoms with Crippen LogP contribution in [0, 0.1) is 5.82 Å². The van der Waals surface area contributed by atoms with Gasteiger partial charge in [0.1, 0.15) is 18.2 Å². The zero-order chi connectivity index (χ0) is 16.9. The highest BCUT2D eigenvalue weighted by atomic mass is 32.1. The van der Waals surface area contributed by atoms with E-state index in [4.69, 9.17) is 4.74 Å². The van der Waals surface area contributed by atoms with Gasteiger partial charge in [0.25, 0.3) is 0 Å². The van der Waals surface area contributed by atoms with Crippen LogP contribution in [0.5, 0.6) is 5.75 Å². The molecule has 1 N–H and O–H groups in total. The zero-order valence-corrected chi connectivity index (χ0v) is 14.4. The van der Waals surface area contributed by atoms with Crippen molar-refractivity contribution in [2.24, 2.45) is 0 Å². The molecule has 1 aliphatic carbocycles. The fourth-order valence-electron chi connectivity index (χ4n) is 2.53. The number of hydrogen-bond donors (Lipinski definition) is 1. The smallest absolute Gasteiger partial charge is 0.323 e. The number of halogens is 1. The third kappa shape index (κ3) is 4.23. The number of benzene rings is 1. The van der Waals surface area contributed by atoms with Crippen molar-refractivity contribution >= 4 is 22.5 Å². The van der Waals surface area contributed by atoms with Gasteiger partial charge in [-0.3, -0.25) is 5.32 Å². The van der Waals surface area contributed by atoms with E-state index in [9.17, 15) is 9.18 Å². The van der Waals surface area contributed by atoms with Crippen LogP contribution in [0.4, 0.5) is 14.3 Å². The summed E-state index contributed by atoms with van der Waals surface area (Å²) in [7, 11) is 1.71. The number of ether oxygens (including phenoxy) is 1. The van der Waals surface area contributed by atoms with Crippen LogP contribution >= 0.6 is 11.3 Å². The number of rotatable bonds is 5. The first-order valence-corrected chi connectivity index (χ1v) is 8.82. The summed E-state index contributed by atoms with van der Waals surface area (Å²) >= 11 is 1.57. The number of likely N-dealkylation sites (N-methyl/N-ethyl adjacent to an activating group) is 1. The Labute approximate surface area is 144 Å². The molecular weight excluding hydrogens is 329 g/mol. The molecule has 0 aliphatic heterocycles. The average molecular weight is 349 g/mol. The minimum absolute atomic E-state index is 0.205. The van der Waals surface area contributed by atoms with Gasteiger partial charge in [-0.25, -0.2) is 14.2 Å². The molecule has 1 aromatic carbocycles. The van der Waals surface area contributed by atoms with E-state index in [0.717, 1.165) is 18.5 Å². The van der Waals surface area contributed by atoms with E-state index < -0.39 is 0 Å². The van der Waals surface area contributed by atoms with E-state index in [1.165, 1.54) is 29.9 Å². The molecule has 2 amide bonds. The van der Waals surface area contributed by atoms with Crippen LogP contribution in [0.2, 0.25) is 0 Å². The predicted molar refractivity (Wildman–Crippen MR) is 92.3 cm³/mol. The highest BCUT2D eigenvalue weighted by Crippen LogP contribution is 2.29. The number of aryl methyl sites for hydroxylation is 2. The van der Waals surface area contributed by atoms with E-state index in [1.54, 1.807) is 35.4 Å². The Morgan fingerprint density at radius 3 is 2.83 bits per heavy atom. The normalized spacial score (nSPS) is 13.2. The third-order valence-electron chi connectivity index (χ3n) is 3.92. The molecule has 0 bridgehead atoms. The Hall–Kier alpha value is -2.15. The molecule has 1 aliphatic rings. The molecule has 0 saturated heterocycles.